The predicted molar refractivity (Wildman–Crippen MR) is 80.1 cm³/mol. The second-order valence-electron chi connectivity index (χ2n) is 4.61. The normalized spacial score (nSPS) is 12.6. The summed E-state index contributed by atoms with van der Waals surface area (Å²) in [4.78, 5) is 11.7. The molecule has 0 heterocycles. The molecule has 0 bridgehead atoms. The van der Waals surface area contributed by atoms with E-state index in [1.54, 1.807) is 24.3 Å². The summed E-state index contributed by atoms with van der Waals surface area (Å²) in [6.07, 6.45) is -5.75. The Hall–Kier alpha value is -1.54. The fourth-order valence-corrected chi connectivity index (χ4v) is 2.08. The van der Waals surface area contributed by atoms with Crippen LogP contribution in [0.1, 0.15) is 24.4 Å². The lowest BCUT2D eigenvalue weighted by atomic mass is 10.1. The number of alkyl halides is 3. The van der Waals surface area contributed by atoms with Gasteiger partial charge in [-0.2, -0.15) is 13.2 Å². The fraction of sp³-hybridized carbons (Fsp3) is 0.357. The van der Waals surface area contributed by atoms with Crippen LogP contribution in [0.5, 0.6) is 0 Å². The van der Waals surface area contributed by atoms with Gasteiger partial charge in [0.1, 0.15) is 0 Å². The molecule has 2 amide bonds. The first-order chi connectivity index (χ1) is 10.2. The lowest BCUT2D eigenvalue weighted by molar-refractivity contribution is -0.134. The Bertz CT molecular complexity index is 535. The molecular weight excluding hydrogens is 365 g/mol. The fourth-order valence-electron chi connectivity index (χ4n) is 1.67. The van der Waals surface area contributed by atoms with E-state index >= 15 is 0 Å². The van der Waals surface area contributed by atoms with Crippen molar-refractivity contribution in [2.45, 2.75) is 25.1 Å². The molecule has 0 saturated heterocycles. The van der Waals surface area contributed by atoms with E-state index in [1.807, 2.05) is 0 Å². The van der Waals surface area contributed by atoms with Crippen molar-refractivity contribution < 1.29 is 23.1 Å². The first kappa shape index (κ1) is 18.5. The number of amides is 2. The molecule has 8 heteroatoms. The van der Waals surface area contributed by atoms with E-state index in [1.165, 1.54) is 0 Å². The Labute approximate surface area is 134 Å². The van der Waals surface area contributed by atoms with Crippen molar-refractivity contribution in [1.29, 1.82) is 0 Å². The highest BCUT2D eigenvalue weighted by Crippen LogP contribution is 2.23. The van der Waals surface area contributed by atoms with Crippen molar-refractivity contribution in [3.05, 3.63) is 46.6 Å². The van der Waals surface area contributed by atoms with E-state index < -0.39 is 31.1 Å². The molecule has 1 aromatic rings. The number of rotatable bonds is 6. The second-order valence-corrected chi connectivity index (χ2v) is 5.52. The monoisotopic (exact) mass is 380 g/mol. The highest BCUT2D eigenvalue weighted by atomic mass is 79.9. The van der Waals surface area contributed by atoms with Gasteiger partial charge in [-0.15, -0.1) is 0 Å². The number of hydrogen-bond acceptors (Lipinski definition) is 2. The SMILES string of the molecule is C=C(CCC(F)(F)F)NC(=O)NC(CO)c1cccc(Br)c1. The molecule has 0 spiro atoms. The summed E-state index contributed by atoms with van der Waals surface area (Å²) in [5, 5.41) is 14.0. The Kier molecular flexibility index (Phi) is 6.89. The lowest BCUT2D eigenvalue weighted by Gasteiger charge is -2.18. The van der Waals surface area contributed by atoms with Gasteiger partial charge < -0.3 is 15.7 Å². The standard InChI is InChI=1S/C14H16BrF3N2O2/c1-9(5-6-14(16,17)18)19-13(22)20-12(8-21)10-3-2-4-11(15)7-10/h2-4,7,12,21H,1,5-6,8H2,(H2,19,20,22). The number of nitrogens with one attached hydrogen (secondary N) is 2. The number of carbonyl (C=O) groups is 1. The maximum Gasteiger partial charge on any atom is 0.389 e. The van der Waals surface area contributed by atoms with Crippen LogP contribution in [0.15, 0.2) is 41.0 Å². The van der Waals surface area contributed by atoms with Gasteiger partial charge in [0.2, 0.25) is 0 Å². The number of urea groups is 1. The van der Waals surface area contributed by atoms with Crippen LogP contribution in [-0.4, -0.2) is 23.9 Å². The van der Waals surface area contributed by atoms with Crippen LogP contribution in [-0.2, 0) is 0 Å². The zero-order valence-corrected chi connectivity index (χ0v) is 13.2. The number of halogens is 4. The average molecular weight is 381 g/mol. The molecule has 0 radical (unpaired) electrons. The summed E-state index contributed by atoms with van der Waals surface area (Å²) in [5.74, 6) is 0. The van der Waals surface area contributed by atoms with E-state index in [9.17, 15) is 23.1 Å². The van der Waals surface area contributed by atoms with Crippen LogP contribution in [0.25, 0.3) is 0 Å². The minimum absolute atomic E-state index is 0.0410. The molecule has 0 aliphatic rings. The van der Waals surface area contributed by atoms with Gasteiger partial charge in [-0.05, 0) is 24.1 Å². The maximum atomic E-state index is 12.1. The zero-order valence-electron chi connectivity index (χ0n) is 11.6. The van der Waals surface area contributed by atoms with Crippen LogP contribution in [0, 0.1) is 0 Å². The van der Waals surface area contributed by atoms with Crippen molar-refractivity contribution >= 4 is 22.0 Å². The van der Waals surface area contributed by atoms with E-state index in [0.29, 0.717) is 5.56 Å². The van der Waals surface area contributed by atoms with Crippen molar-refractivity contribution in [1.82, 2.24) is 10.6 Å². The van der Waals surface area contributed by atoms with Crippen molar-refractivity contribution in [3.8, 4) is 0 Å². The minimum Gasteiger partial charge on any atom is -0.394 e. The van der Waals surface area contributed by atoms with Gasteiger partial charge in [0.15, 0.2) is 0 Å². The van der Waals surface area contributed by atoms with E-state index in [-0.39, 0.29) is 12.3 Å². The van der Waals surface area contributed by atoms with Gasteiger partial charge >= 0.3 is 12.2 Å². The van der Waals surface area contributed by atoms with Gasteiger partial charge in [0.05, 0.1) is 12.6 Å². The van der Waals surface area contributed by atoms with Crippen molar-refractivity contribution in [2.75, 3.05) is 6.61 Å². The third-order valence-electron chi connectivity index (χ3n) is 2.74. The Balaban J connectivity index is 2.53. The second kappa shape index (κ2) is 8.19. The summed E-state index contributed by atoms with van der Waals surface area (Å²) < 4.78 is 37.0. The molecule has 22 heavy (non-hydrogen) atoms. The maximum absolute atomic E-state index is 12.1. The molecule has 0 aliphatic heterocycles. The molecule has 3 N–H and O–H groups in total. The third kappa shape index (κ3) is 6.95. The molecule has 0 saturated carbocycles. The van der Waals surface area contributed by atoms with Crippen LogP contribution in [0.3, 0.4) is 0 Å². The van der Waals surface area contributed by atoms with E-state index in [0.717, 1.165) is 4.47 Å². The highest BCUT2D eigenvalue weighted by molar-refractivity contribution is 9.10. The quantitative estimate of drug-likeness (QED) is 0.705. The topological polar surface area (TPSA) is 61.4 Å². The lowest BCUT2D eigenvalue weighted by Crippen LogP contribution is -2.38. The average Bonchev–Trinajstić information content (AvgIpc) is 2.42. The van der Waals surface area contributed by atoms with E-state index in [2.05, 4.69) is 33.1 Å². The molecule has 0 aliphatic carbocycles. The van der Waals surface area contributed by atoms with Gasteiger partial charge in [-0.3, -0.25) is 0 Å². The predicted octanol–water partition coefficient (Wildman–Crippen LogP) is 3.64. The number of hydrogen-bond donors (Lipinski definition) is 3. The minimum atomic E-state index is -4.30. The molecular formula is C14H16BrF3N2O2. The van der Waals surface area contributed by atoms with Gasteiger partial charge in [-0.25, -0.2) is 4.79 Å². The number of allylic oxidation sites excluding steroid dienone is 1. The molecule has 4 nitrogen and oxygen atoms in total. The van der Waals surface area contributed by atoms with Crippen LogP contribution >= 0.6 is 15.9 Å². The molecule has 0 aromatic heterocycles. The van der Waals surface area contributed by atoms with Gasteiger partial charge in [-0.1, -0.05) is 34.6 Å². The van der Waals surface area contributed by atoms with Gasteiger partial charge in [0, 0.05) is 16.6 Å². The summed E-state index contributed by atoms with van der Waals surface area (Å²) >= 11 is 3.27. The number of aliphatic hydroxyl groups excluding tert-OH is 1. The van der Waals surface area contributed by atoms with Crippen LogP contribution in [0.4, 0.5) is 18.0 Å². The molecule has 0 fully saturated rings. The Morgan fingerprint density at radius 3 is 2.64 bits per heavy atom. The molecule has 1 atom stereocenters. The first-order valence-corrected chi connectivity index (χ1v) is 7.19. The van der Waals surface area contributed by atoms with Crippen LogP contribution < -0.4 is 10.6 Å². The Morgan fingerprint density at radius 2 is 2.09 bits per heavy atom. The first-order valence-electron chi connectivity index (χ1n) is 6.39. The molecule has 1 aromatic carbocycles. The third-order valence-corrected chi connectivity index (χ3v) is 3.23. The summed E-state index contributed by atoms with van der Waals surface area (Å²) in [5.41, 5.74) is 0.619. The molecule has 122 valence electrons. The zero-order chi connectivity index (χ0) is 16.8. The largest absolute Gasteiger partial charge is 0.394 e. The number of carbonyl (C=O) groups excluding carboxylic acids is 1. The summed E-state index contributed by atoms with van der Waals surface area (Å²) in [6, 6.07) is 5.57. The smallest absolute Gasteiger partial charge is 0.389 e. The summed E-state index contributed by atoms with van der Waals surface area (Å²) in [7, 11) is 0. The summed E-state index contributed by atoms with van der Waals surface area (Å²) in [6.45, 7) is 3.03. The highest BCUT2D eigenvalue weighted by Gasteiger charge is 2.27. The van der Waals surface area contributed by atoms with Crippen molar-refractivity contribution in [3.63, 3.8) is 0 Å². The molecule has 1 unspecified atom stereocenters. The molecule has 1 rings (SSSR count). The number of aliphatic hydroxyl groups is 1. The van der Waals surface area contributed by atoms with Gasteiger partial charge in [0.25, 0.3) is 0 Å². The van der Waals surface area contributed by atoms with Crippen LogP contribution in [0.2, 0.25) is 0 Å². The van der Waals surface area contributed by atoms with E-state index in [4.69, 9.17) is 0 Å². The van der Waals surface area contributed by atoms with Crippen molar-refractivity contribution in [2.24, 2.45) is 0 Å². The number of benzene rings is 1. The Morgan fingerprint density at radius 1 is 1.41 bits per heavy atom.